The summed E-state index contributed by atoms with van der Waals surface area (Å²) in [6.45, 7) is 11.7. The van der Waals surface area contributed by atoms with Crippen LogP contribution in [0.5, 0.6) is 0 Å². The molecule has 1 atom stereocenters. The van der Waals surface area contributed by atoms with Crippen LogP contribution >= 0.6 is 0 Å². The molecule has 2 N–H and O–H groups in total. The molecule has 0 aliphatic rings. The monoisotopic (exact) mass is 294 g/mol. The van der Waals surface area contributed by atoms with Crippen molar-refractivity contribution in [3.8, 4) is 0 Å². The second-order valence-corrected chi connectivity index (χ2v) is 7.12. The molecule has 0 radical (unpaired) electrons. The number of carbonyl (C=O) groups is 1. The van der Waals surface area contributed by atoms with E-state index < -0.39 is 17.8 Å². The van der Waals surface area contributed by atoms with Gasteiger partial charge in [0, 0.05) is 6.20 Å². The van der Waals surface area contributed by atoms with E-state index in [1.165, 1.54) is 0 Å². The molecule has 0 fully saturated rings. The molecule has 0 saturated heterocycles. The number of alkyl carbamates (subject to hydrolysis) is 1. The van der Waals surface area contributed by atoms with Crippen LogP contribution in [0.25, 0.3) is 0 Å². The number of amides is 1. The molecule has 1 aromatic heterocycles. The number of pyridine rings is 1. The van der Waals surface area contributed by atoms with Gasteiger partial charge in [0.05, 0.1) is 12.2 Å². The summed E-state index contributed by atoms with van der Waals surface area (Å²) >= 11 is 0. The first-order chi connectivity index (χ1) is 9.49. The highest BCUT2D eigenvalue weighted by molar-refractivity contribution is 5.67. The molecule has 0 bridgehead atoms. The number of aromatic nitrogens is 1. The fraction of sp³-hybridized carbons (Fsp3) is 0.625. The molecule has 1 heterocycles. The molecule has 1 unspecified atom stereocenters. The molecular weight excluding hydrogens is 268 g/mol. The molecule has 0 saturated carbocycles. The fourth-order valence-corrected chi connectivity index (χ4v) is 1.64. The molecule has 21 heavy (non-hydrogen) atoms. The van der Waals surface area contributed by atoms with E-state index in [1.54, 1.807) is 33.0 Å². The van der Waals surface area contributed by atoms with E-state index in [9.17, 15) is 9.90 Å². The second-order valence-electron chi connectivity index (χ2n) is 7.12. The molecule has 1 rings (SSSR count). The Bertz CT molecular complexity index is 470. The van der Waals surface area contributed by atoms with E-state index in [0.717, 1.165) is 5.56 Å². The van der Waals surface area contributed by atoms with Gasteiger partial charge in [-0.15, -0.1) is 0 Å². The van der Waals surface area contributed by atoms with Gasteiger partial charge in [-0.1, -0.05) is 26.8 Å². The van der Waals surface area contributed by atoms with Crippen LogP contribution < -0.4 is 5.32 Å². The number of hydrogen-bond donors (Lipinski definition) is 2. The topological polar surface area (TPSA) is 71.5 Å². The predicted octanol–water partition coefficient (Wildman–Crippen LogP) is 2.94. The van der Waals surface area contributed by atoms with Crippen LogP contribution in [0.3, 0.4) is 0 Å². The predicted molar refractivity (Wildman–Crippen MR) is 82.1 cm³/mol. The molecular formula is C16H26N2O3. The highest BCUT2D eigenvalue weighted by Gasteiger charge is 2.18. The third-order valence-electron chi connectivity index (χ3n) is 2.83. The van der Waals surface area contributed by atoms with Crippen molar-refractivity contribution in [2.45, 2.75) is 58.7 Å². The van der Waals surface area contributed by atoms with Crippen molar-refractivity contribution < 1.29 is 14.6 Å². The minimum Gasteiger partial charge on any atom is -0.444 e. The third kappa shape index (κ3) is 6.12. The number of carbonyl (C=O) groups excluding carboxylic acids is 1. The van der Waals surface area contributed by atoms with E-state index in [1.807, 2.05) is 6.07 Å². The molecule has 0 aliphatic heterocycles. The number of aliphatic hydroxyl groups is 1. The zero-order valence-corrected chi connectivity index (χ0v) is 13.7. The maximum absolute atomic E-state index is 11.5. The molecule has 0 spiro atoms. The van der Waals surface area contributed by atoms with Gasteiger partial charge in [-0.05, 0) is 37.8 Å². The lowest BCUT2D eigenvalue weighted by Gasteiger charge is -2.21. The highest BCUT2D eigenvalue weighted by Crippen LogP contribution is 2.22. The number of rotatable bonds is 3. The number of nitrogens with zero attached hydrogens (tertiary/aromatic N) is 1. The molecule has 0 aliphatic carbocycles. The quantitative estimate of drug-likeness (QED) is 0.899. The lowest BCUT2D eigenvalue weighted by atomic mass is 9.88. The second kappa shape index (κ2) is 6.43. The Morgan fingerprint density at radius 2 is 1.90 bits per heavy atom. The number of ether oxygens (including phenoxy) is 1. The minimum atomic E-state index is -0.855. The maximum Gasteiger partial charge on any atom is 0.407 e. The van der Waals surface area contributed by atoms with Gasteiger partial charge in [0.2, 0.25) is 0 Å². The van der Waals surface area contributed by atoms with Gasteiger partial charge >= 0.3 is 6.09 Å². The van der Waals surface area contributed by atoms with E-state index in [0.29, 0.717) is 5.69 Å². The average molecular weight is 294 g/mol. The van der Waals surface area contributed by atoms with Crippen LogP contribution in [0.2, 0.25) is 0 Å². The normalized spacial score (nSPS) is 13.7. The maximum atomic E-state index is 11.5. The Balaban J connectivity index is 2.56. The van der Waals surface area contributed by atoms with Crippen molar-refractivity contribution in [2.75, 3.05) is 6.54 Å². The van der Waals surface area contributed by atoms with E-state index in [4.69, 9.17) is 4.74 Å². The van der Waals surface area contributed by atoms with Gasteiger partial charge in [0.15, 0.2) is 0 Å². The van der Waals surface area contributed by atoms with Gasteiger partial charge in [0.1, 0.15) is 11.7 Å². The van der Waals surface area contributed by atoms with Crippen LogP contribution in [0.15, 0.2) is 18.3 Å². The summed E-state index contributed by atoms with van der Waals surface area (Å²) in [5.74, 6) is 0. The van der Waals surface area contributed by atoms with Gasteiger partial charge in [-0.2, -0.15) is 0 Å². The molecule has 1 aromatic rings. The summed E-state index contributed by atoms with van der Waals surface area (Å²) in [4.78, 5) is 15.8. The summed E-state index contributed by atoms with van der Waals surface area (Å²) in [7, 11) is 0. The Morgan fingerprint density at radius 1 is 1.29 bits per heavy atom. The number of aliphatic hydroxyl groups excluding tert-OH is 1. The van der Waals surface area contributed by atoms with Crippen molar-refractivity contribution in [1.82, 2.24) is 10.3 Å². The standard InChI is InChI=1S/C16H26N2O3/c1-15(2,3)11-7-8-12(17-9-11)13(19)10-18-14(20)21-16(4,5)6/h7-9,13,19H,10H2,1-6H3,(H,18,20). The van der Waals surface area contributed by atoms with Crippen LogP contribution in [-0.2, 0) is 10.2 Å². The van der Waals surface area contributed by atoms with Gasteiger partial charge in [-0.25, -0.2) is 4.79 Å². The summed E-state index contributed by atoms with van der Waals surface area (Å²) in [5, 5.41) is 12.6. The molecule has 0 aromatic carbocycles. The largest absolute Gasteiger partial charge is 0.444 e. The van der Waals surface area contributed by atoms with Crippen molar-refractivity contribution in [1.29, 1.82) is 0 Å². The van der Waals surface area contributed by atoms with Gasteiger partial charge in [-0.3, -0.25) is 4.98 Å². The molecule has 118 valence electrons. The zero-order valence-electron chi connectivity index (χ0n) is 13.7. The third-order valence-corrected chi connectivity index (χ3v) is 2.83. The summed E-state index contributed by atoms with van der Waals surface area (Å²) in [6.07, 6.45) is 0.353. The van der Waals surface area contributed by atoms with E-state index in [-0.39, 0.29) is 12.0 Å². The summed E-state index contributed by atoms with van der Waals surface area (Å²) in [6, 6.07) is 3.72. The Kier molecular flexibility index (Phi) is 5.34. The van der Waals surface area contributed by atoms with Gasteiger partial charge < -0.3 is 15.2 Å². The van der Waals surface area contributed by atoms with E-state index >= 15 is 0 Å². The zero-order chi connectivity index (χ0) is 16.3. The summed E-state index contributed by atoms with van der Waals surface area (Å²) < 4.78 is 5.11. The SMILES string of the molecule is CC(C)(C)OC(=O)NCC(O)c1ccc(C(C)(C)C)cn1. The smallest absolute Gasteiger partial charge is 0.407 e. The van der Waals surface area contributed by atoms with Crippen molar-refractivity contribution in [2.24, 2.45) is 0 Å². The van der Waals surface area contributed by atoms with Crippen molar-refractivity contribution in [3.63, 3.8) is 0 Å². The van der Waals surface area contributed by atoms with Crippen LogP contribution in [0.1, 0.15) is 58.9 Å². The van der Waals surface area contributed by atoms with Crippen LogP contribution in [0.4, 0.5) is 4.79 Å². The van der Waals surface area contributed by atoms with Gasteiger partial charge in [0.25, 0.3) is 0 Å². The fourth-order valence-electron chi connectivity index (χ4n) is 1.64. The lowest BCUT2D eigenvalue weighted by molar-refractivity contribution is 0.0490. The Morgan fingerprint density at radius 3 is 2.33 bits per heavy atom. The lowest BCUT2D eigenvalue weighted by Crippen LogP contribution is -2.35. The Hall–Kier alpha value is -1.62. The van der Waals surface area contributed by atoms with Crippen molar-refractivity contribution in [3.05, 3.63) is 29.6 Å². The van der Waals surface area contributed by atoms with E-state index in [2.05, 4.69) is 31.1 Å². The molecule has 5 heteroatoms. The number of nitrogens with one attached hydrogen (secondary N) is 1. The first-order valence-electron chi connectivity index (χ1n) is 7.10. The molecule has 1 amide bonds. The first kappa shape index (κ1) is 17.4. The van der Waals surface area contributed by atoms with Crippen LogP contribution in [-0.4, -0.2) is 28.3 Å². The highest BCUT2D eigenvalue weighted by atomic mass is 16.6. The average Bonchev–Trinajstić information content (AvgIpc) is 2.33. The molecule has 5 nitrogen and oxygen atoms in total. The number of hydrogen-bond acceptors (Lipinski definition) is 4. The Labute approximate surface area is 126 Å². The first-order valence-corrected chi connectivity index (χ1v) is 7.10. The van der Waals surface area contributed by atoms with Crippen LogP contribution in [0, 0.1) is 0 Å². The summed E-state index contributed by atoms with van der Waals surface area (Å²) in [5.41, 5.74) is 1.09. The minimum absolute atomic E-state index is 0.0191. The van der Waals surface area contributed by atoms with Crippen molar-refractivity contribution >= 4 is 6.09 Å².